The van der Waals surface area contributed by atoms with Crippen molar-refractivity contribution in [3.63, 3.8) is 0 Å². The molecule has 0 aliphatic carbocycles. The highest BCUT2D eigenvalue weighted by Gasteiger charge is 2.20. The van der Waals surface area contributed by atoms with Gasteiger partial charge in [0.2, 0.25) is 5.91 Å². The molecular formula is C11H15N3O4. The van der Waals surface area contributed by atoms with E-state index in [-0.39, 0.29) is 29.6 Å². The number of carbonyl (C=O) groups is 1. The number of amides is 1. The smallest absolute Gasteiger partial charge is 0.333 e. The number of carbonyl (C=O) groups excluding carboxylic acids is 1. The topological polar surface area (TPSA) is 93.5 Å². The van der Waals surface area contributed by atoms with Gasteiger partial charge in [-0.1, -0.05) is 6.07 Å². The van der Waals surface area contributed by atoms with E-state index in [4.69, 9.17) is 4.74 Å². The molecule has 0 aliphatic heterocycles. The fraction of sp³-hybridized carbons (Fsp3) is 0.364. The maximum atomic E-state index is 11.1. The number of para-hydroxylation sites is 1. The molecule has 1 aromatic carbocycles. The van der Waals surface area contributed by atoms with Crippen molar-refractivity contribution in [2.75, 3.05) is 25.5 Å². The fourth-order valence-electron chi connectivity index (χ4n) is 1.39. The third kappa shape index (κ3) is 3.34. The maximum Gasteiger partial charge on any atom is 0.333 e. The van der Waals surface area contributed by atoms with E-state index < -0.39 is 4.92 Å². The lowest BCUT2D eigenvalue weighted by atomic mass is 10.2. The van der Waals surface area contributed by atoms with Gasteiger partial charge in [0.25, 0.3) is 0 Å². The highest BCUT2D eigenvalue weighted by molar-refractivity contribution is 5.82. The molecule has 0 bridgehead atoms. The van der Waals surface area contributed by atoms with Gasteiger partial charge in [-0.25, -0.2) is 0 Å². The lowest BCUT2D eigenvalue weighted by Gasteiger charge is -2.09. The molecule has 1 rings (SSSR count). The number of benzene rings is 1. The van der Waals surface area contributed by atoms with Gasteiger partial charge >= 0.3 is 5.69 Å². The van der Waals surface area contributed by atoms with E-state index >= 15 is 0 Å². The molecule has 1 amide bonds. The Bertz CT molecular complexity index is 448. The van der Waals surface area contributed by atoms with E-state index in [1.807, 2.05) is 0 Å². The molecule has 0 heterocycles. The molecule has 1 aromatic rings. The van der Waals surface area contributed by atoms with Crippen LogP contribution in [0.3, 0.4) is 0 Å². The molecule has 0 atom stereocenters. The number of hydrogen-bond acceptors (Lipinski definition) is 5. The first-order valence-corrected chi connectivity index (χ1v) is 5.44. The van der Waals surface area contributed by atoms with Crippen LogP contribution < -0.4 is 15.4 Å². The van der Waals surface area contributed by atoms with Gasteiger partial charge in [0, 0.05) is 7.05 Å². The van der Waals surface area contributed by atoms with Gasteiger partial charge < -0.3 is 15.4 Å². The van der Waals surface area contributed by atoms with E-state index in [1.54, 1.807) is 13.0 Å². The summed E-state index contributed by atoms with van der Waals surface area (Å²) in [6.07, 6.45) is 0. The Morgan fingerprint density at radius 2 is 2.22 bits per heavy atom. The van der Waals surface area contributed by atoms with Crippen molar-refractivity contribution in [2.45, 2.75) is 6.92 Å². The van der Waals surface area contributed by atoms with Crippen molar-refractivity contribution < 1.29 is 14.5 Å². The molecule has 7 nitrogen and oxygen atoms in total. The molecule has 0 saturated heterocycles. The number of rotatable bonds is 6. The van der Waals surface area contributed by atoms with Crippen LogP contribution in [0.5, 0.6) is 5.75 Å². The van der Waals surface area contributed by atoms with Crippen molar-refractivity contribution in [1.29, 1.82) is 0 Å². The third-order valence-electron chi connectivity index (χ3n) is 2.20. The van der Waals surface area contributed by atoms with E-state index in [1.165, 1.54) is 19.2 Å². The van der Waals surface area contributed by atoms with Crippen LogP contribution in [-0.2, 0) is 4.79 Å². The average Bonchev–Trinajstić information content (AvgIpc) is 2.36. The van der Waals surface area contributed by atoms with Crippen LogP contribution in [0, 0.1) is 10.1 Å². The van der Waals surface area contributed by atoms with Gasteiger partial charge in [0.1, 0.15) is 5.69 Å². The number of anilines is 1. The molecule has 0 spiro atoms. The van der Waals surface area contributed by atoms with E-state index in [9.17, 15) is 14.9 Å². The first-order valence-electron chi connectivity index (χ1n) is 5.44. The van der Waals surface area contributed by atoms with Gasteiger partial charge in [0.15, 0.2) is 5.75 Å². The standard InChI is InChI=1S/C11H15N3O4/c1-3-18-9-6-4-5-8(11(9)14(16)17)13-7-10(15)12-2/h4-6,13H,3,7H2,1-2H3,(H,12,15). The van der Waals surface area contributed by atoms with Crippen molar-refractivity contribution in [3.8, 4) is 5.75 Å². The molecule has 0 saturated carbocycles. The first-order chi connectivity index (χ1) is 8.60. The van der Waals surface area contributed by atoms with Crippen LogP contribution >= 0.6 is 0 Å². The zero-order valence-corrected chi connectivity index (χ0v) is 10.2. The molecule has 7 heteroatoms. The Balaban J connectivity index is 2.99. The molecule has 0 aliphatic rings. The maximum absolute atomic E-state index is 11.1. The lowest BCUT2D eigenvalue weighted by Crippen LogP contribution is -2.26. The summed E-state index contributed by atoms with van der Waals surface area (Å²) < 4.78 is 5.19. The zero-order chi connectivity index (χ0) is 13.5. The second-order valence-corrected chi connectivity index (χ2v) is 3.37. The molecule has 18 heavy (non-hydrogen) atoms. The number of hydrogen-bond donors (Lipinski definition) is 2. The normalized spacial score (nSPS) is 9.67. The molecular weight excluding hydrogens is 238 g/mol. The van der Waals surface area contributed by atoms with E-state index in [2.05, 4.69) is 10.6 Å². The number of nitro benzene ring substituents is 1. The molecule has 0 radical (unpaired) electrons. The van der Waals surface area contributed by atoms with Crippen molar-refractivity contribution >= 4 is 17.3 Å². The van der Waals surface area contributed by atoms with E-state index in [0.717, 1.165) is 0 Å². The van der Waals surface area contributed by atoms with Gasteiger partial charge in [-0.15, -0.1) is 0 Å². The van der Waals surface area contributed by atoms with Crippen LogP contribution in [0.15, 0.2) is 18.2 Å². The number of ether oxygens (including phenoxy) is 1. The summed E-state index contributed by atoms with van der Waals surface area (Å²) in [7, 11) is 1.50. The Morgan fingerprint density at radius 1 is 1.50 bits per heavy atom. The summed E-state index contributed by atoms with van der Waals surface area (Å²) in [6, 6.07) is 4.68. The summed E-state index contributed by atoms with van der Waals surface area (Å²) in [5, 5.41) is 16.1. The Labute approximate surface area is 104 Å². The Kier molecular flexibility index (Phi) is 4.91. The lowest BCUT2D eigenvalue weighted by molar-refractivity contribution is -0.384. The third-order valence-corrected chi connectivity index (χ3v) is 2.20. The van der Waals surface area contributed by atoms with Gasteiger partial charge in [-0.2, -0.15) is 0 Å². The SMILES string of the molecule is CCOc1cccc(NCC(=O)NC)c1[N+](=O)[O-]. The fourth-order valence-corrected chi connectivity index (χ4v) is 1.39. The molecule has 0 aromatic heterocycles. The summed E-state index contributed by atoms with van der Waals surface area (Å²) >= 11 is 0. The van der Waals surface area contributed by atoms with Crippen molar-refractivity contribution in [2.24, 2.45) is 0 Å². The Hall–Kier alpha value is -2.31. The number of nitrogens with zero attached hydrogens (tertiary/aromatic N) is 1. The monoisotopic (exact) mass is 253 g/mol. The summed E-state index contributed by atoms with van der Waals surface area (Å²) in [4.78, 5) is 21.6. The van der Waals surface area contributed by atoms with E-state index in [0.29, 0.717) is 6.61 Å². The summed E-state index contributed by atoms with van der Waals surface area (Å²) in [5.41, 5.74) is 0.0952. The van der Waals surface area contributed by atoms with Crippen LogP contribution in [0.1, 0.15) is 6.92 Å². The van der Waals surface area contributed by atoms with Gasteiger partial charge in [-0.3, -0.25) is 14.9 Å². The highest BCUT2D eigenvalue weighted by atomic mass is 16.6. The van der Waals surface area contributed by atoms with Crippen LogP contribution in [-0.4, -0.2) is 31.0 Å². The second-order valence-electron chi connectivity index (χ2n) is 3.37. The minimum absolute atomic E-state index is 0.0348. The predicted molar refractivity (Wildman–Crippen MR) is 66.8 cm³/mol. The molecule has 2 N–H and O–H groups in total. The van der Waals surface area contributed by atoms with Gasteiger partial charge in [0.05, 0.1) is 18.1 Å². The minimum Gasteiger partial charge on any atom is -0.487 e. The summed E-state index contributed by atoms with van der Waals surface area (Å²) in [6.45, 7) is 2.04. The quantitative estimate of drug-likeness (QED) is 0.586. The molecule has 0 fully saturated rings. The molecule has 98 valence electrons. The van der Waals surface area contributed by atoms with Crippen molar-refractivity contribution in [1.82, 2.24) is 5.32 Å². The first kappa shape index (κ1) is 13.8. The number of nitrogens with one attached hydrogen (secondary N) is 2. The number of nitro groups is 1. The van der Waals surface area contributed by atoms with Gasteiger partial charge in [-0.05, 0) is 19.1 Å². The van der Waals surface area contributed by atoms with Crippen LogP contribution in [0.2, 0.25) is 0 Å². The number of likely N-dealkylation sites (N-methyl/N-ethyl adjacent to an activating group) is 1. The Morgan fingerprint density at radius 3 is 2.78 bits per heavy atom. The van der Waals surface area contributed by atoms with Crippen LogP contribution in [0.4, 0.5) is 11.4 Å². The molecule has 0 unspecified atom stereocenters. The predicted octanol–water partition coefficient (Wildman–Crippen LogP) is 1.15. The van der Waals surface area contributed by atoms with Crippen LogP contribution in [0.25, 0.3) is 0 Å². The highest BCUT2D eigenvalue weighted by Crippen LogP contribution is 2.34. The zero-order valence-electron chi connectivity index (χ0n) is 10.2. The average molecular weight is 253 g/mol. The summed E-state index contributed by atoms with van der Waals surface area (Å²) in [5.74, 6) is -0.0736. The minimum atomic E-state index is -0.531. The van der Waals surface area contributed by atoms with Crippen molar-refractivity contribution in [3.05, 3.63) is 28.3 Å². The second kappa shape index (κ2) is 6.43. The largest absolute Gasteiger partial charge is 0.487 e.